The number of nitrogens with zero attached hydrogens (tertiary/aromatic N) is 1. The molecule has 0 aromatic carbocycles. The van der Waals surface area contributed by atoms with Gasteiger partial charge in [-0.3, -0.25) is 0 Å². The summed E-state index contributed by atoms with van der Waals surface area (Å²) in [6.07, 6.45) is -0.607. The SMILES string of the molecule is CC#C/C(=N\OC[C@H]1NC(=O)O[C@@H]1C)C(C)C. The quantitative estimate of drug-likeness (QED) is 0.459. The molecule has 5 nitrogen and oxygen atoms in total. The number of carbonyl (C=O) groups is 1. The van der Waals surface area contributed by atoms with Crippen LogP contribution >= 0.6 is 0 Å². The maximum Gasteiger partial charge on any atom is 0.407 e. The highest BCUT2D eigenvalue weighted by Gasteiger charge is 2.30. The van der Waals surface area contributed by atoms with Crippen molar-refractivity contribution in [1.29, 1.82) is 0 Å². The Labute approximate surface area is 102 Å². The van der Waals surface area contributed by atoms with Crippen LogP contribution in [0.25, 0.3) is 0 Å². The first-order chi connectivity index (χ1) is 8.04. The predicted octanol–water partition coefficient (Wildman–Crippen LogP) is 1.54. The number of oxime groups is 1. The highest BCUT2D eigenvalue weighted by Crippen LogP contribution is 2.08. The molecule has 0 aromatic rings. The van der Waals surface area contributed by atoms with Crippen LogP contribution in [0.2, 0.25) is 0 Å². The standard InChI is InChI=1S/C12H18N2O3/c1-5-6-10(8(2)3)14-16-7-11-9(4)17-12(15)13-11/h8-9,11H,7H2,1-4H3,(H,13,15)/b14-10+/t9-,11-/m1/s1. The van der Waals surface area contributed by atoms with Crippen LogP contribution in [0.1, 0.15) is 27.7 Å². The minimum Gasteiger partial charge on any atom is -0.444 e. The van der Waals surface area contributed by atoms with E-state index in [1.165, 1.54) is 0 Å². The zero-order valence-electron chi connectivity index (χ0n) is 10.6. The normalized spacial score (nSPS) is 23.8. The van der Waals surface area contributed by atoms with E-state index < -0.39 is 6.09 Å². The molecule has 5 heteroatoms. The summed E-state index contributed by atoms with van der Waals surface area (Å²) in [5, 5.41) is 6.62. The van der Waals surface area contributed by atoms with Gasteiger partial charge in [0.25, 0.3) is 0 Å². The molecule has 94 valence electrons. The number of hydrogen-bond acceptors (Lipinski definition) is 4. The van der Waals surface area contributed by atoms with Crippen LogP contribution in [-0.2, 0) is 9.57 Å². The first-order valence-corrected chi connectivity index (χ1v) is 5.64. The minimum absolute atomic E-state index is 0.158. The Morgan fingerprint density at radius 3 is 2.82 bits per heavy atom. The van der Waals surface area contributed by atoms with Crippen molar-refractivity contribution in [2.75, 3.05) is 6.61 Å². The summed E-state index contributed by atoms with van der Waals surface area (Å²) in [6.45, 7) is 7.84. The van der Waals surface area contributed by atoms with E-state index in [1.54, 1.807) is 6.92 Å². The number of amides is 1. The van der Waals surface area contributed by atoms with E-state index in [1.807, 2.05) is 20.8 Å². The van der Waals surface area contributed by atoms with Crippen molar-refractivity contribution in [2.24, 2.45) is 11.1 Å². The molecule has 1 amide bonds. The molecular weight excluding hydrogens is 220 g/mol. The Morgan fingerprint density at radius 2 is 2.35 bits per heavy atom. The number of carbonyl (C=O) groups excluding carboxylic acids is 1. The fourth-order valence-electron chi connectivity index (χ4n) is 1.32. The van der Waals surface area contributed by atoms with Crippen molar-refractivity contribution in [1.82, 2.24) is 5.32 Å². The van der Waals surface area contributed by atoms with Crippen LogP contribution in [0.5, 0.6) is 0 Å². The average molecular weight is 238 g/mol. The minimum atomic E-state index is -0.410. The van der Waals surface area contributed by atoms with E-state index in [4.69, 9.17) is 9.57 Å². The molecule has 1 saturated heterocycles. The van der Waals surface area contributed by atoms with Crippen LogP contribution in [0.4, 0.5) is 4.79 Å². The van der Waals surface area contributed by atoms with Crippen molar-refractivity contribution < 1.29 is 14.4 Å². The second-order valence-corrected chi connectivity index (χ2v) is 4.16. The van der Waals surface area contributed by atoms with Crippen LogP contribution in [0, 0.1) is 17.8 Å². The van der Waals surface area contributed by atoms with E-state index in [2.05, 4.69) is 22.3 Å². The molecule has 0 aromatic heterocycles. The van der Waals surface area contributed by atoms with Crippen LogP contribution < -0.4 is 5.32 Å². The number of ether oxygens (including phenoxy) is 1. The molecule has 2 atom stereocenters. The Kier molecular flexibility index (Phi) is 4.83. The van der Waals surface area contributed by atoms with Crippen LogP contribution in [-0.4, -0.2) is 30.6 Å². The molecule has 1 rings (SSSR count). The molecule has 0 saturated carbocycles. The van der Waals surface area contributed by atoms with E-state index in [9.17, 15) is 4.79 Å². The van der Waals surface area contributed by atoms with Gasteiger partial charge in [-0.25, -0.2) is 4.79 Å². The Morgan fingerprint density at radius 1 is 1.65 bits per heavy atom. The van der Waals surface area contributed by atoms with Gasteiger partial charge in [-0.05, 0) is 19.8 Å². The molecule has 1 aliphatic rings. The monoisotopic (exact) mass is 238 g/mol. The molecule has 1 heterocycles. The highest BCUT2D eigenvalue weighted by atomic mass is 16.6. The third kappa shape index (κ3) is 3.99. The topological polar surface area (TPSA) is 59.9 Å². The Bertz CT molecular complexity index is 366. The second-order valence-electron chi connectivity index (χ2n) is 4.16. The number of nitrogens with one attached hydrogen (secondary N) is 1. The molecule has 1 N–H and O–H groups in total. The second kappa shape index (κ2) is 6.14. The van der Waals surface area contributed by atoms with E-state index >= 15 is 0 Å². The van der Waals surface area contributed by atoms with Crippen molar-refractivity contribution in [3.05, 3.63) is 0 Å². The summed E-state index contributed by atoms with van der Waals surface area (Å²) >= 11 is 0. The summed E-state index contributed by atoms with van der Waals surface area (Å²) < 4.78 is 4.92. The van der Waals surface area contributed by atoms with Crippen LogP contribution in [0.15, 0.2) is 5.16 Å². The lowest BCUT2D eigenvalue weighted by Gasteiger charge is -2.11. The van der Waals surface area contributed by atoms with Gasteiger partial charge in [0.2, 0.25) is 0 Å². The molecule has 0 spiro atoms. The third-order valence-corrected chi connectivity index (χ3v) is 2.38. The zero-order chi connectivity index (χ0) is 12.8. The van der Waals surface area contributed by atoms with Crippen molar-refractivity contribution in [3.63, 3.8) is 0 Å². The smallest absolute Gasteiger partial charge is 0.407 e. The lowest BCUT2D eigenvalue weighted by molar-refractivity contribution is 0.0909. The molecule has 0 bridgehead atoms. The first-order valence-electron chi connectivity index (χ1n) is 5.64. The van der Waals surface area contributed by atoms with Gasteiger partial charge in [0.1, 0.15) is 24.5 Å². The van der Waals surface area contributed by atoms with Gasteiger partial charge in [-0.15, -0.1) is 0 Å². The number of hydrogen-bond donors (Lipinski definition) is 1. The molecule has 1 aliphatic heterocycles. The summed E-state index contributed by atoms with van der Waals surface area (Å²) in [6, 6.07) is -0.158. The predicted molar refractivity (Wildman–Crippen MR) is 64.5 cm³/mol. The van der Waals surface area contributed by atoms with Gasteiger partial charge < -0.3 is 14.9 Å². The van der Waals surface area contributed by atoms with E-state index in [0.717, 1.165) is 0 Å². The van der Waals surface area contributed by atoms with Crippen molar-refractivity contribution >= 4 is 11.8 Å². The molecule has 0 aliphatic carbocycles. The largest absolute Gasteiger partial charge is 0.444 e. The number of alkyl carbamates (subject to hydrolysis) is 1. The number of rotatable bonds is 4. The fourth-order valence-corrected chi connectivity index (χ4v) is 1.32. The molecule has 1 fully saturated rings. The van der Waals surface area contributed by atoms with Gasteiger partial charge >= 0.3 is 6.09 Å². The Hall–Kier alpha value is -1.70. The van der Waals surface area contributed by atoms with Crippen LogP contribution in [0.3, 0.4) is 0 Å². The number of cyclic esters (lactones) is 1. The van der Waals surface area contributed by atoms with Gasteiger partial charge in [-0.2, -0.15) is 0 Å². The lowest BCUT2D eigenvalue weighted by atomic mass is 10.1. The summed E-state index contributed by atoms with van der Waals surface area (Å²) in [5.74, 6) is 5.89. The summed E-state index contributed by atoms with van der Waals surface area (Å²) in [4.78, 5) is 16.1. The lowest BCUT2D eigenvalue weighted by Crippen LogP contribution is -2.34. The summed E-state index contributed by atoms with van der Waals surface area (Å²) in [5.41, 5.74) is 0.699. The molecule has 0 radical (unpaired) electrons. The van der Waals surface area contributed by atoms with Gasteiger partial charge in [0.05, 0.1) is 0 Å². The van der Waals surface area contributed by atoms with Crippen molar-refractivity contribution in [3.8, 4) is 11.8 Å². The molecule has 0 unspecified atom stereocenters. The van der Waals surface area contributed by atoms with Crippen molar-refractivity contribution in [2.45, 2.75) is 39.8 Å². The van der Waals surface area contributed by atoms with Gasteiger partial charge in [-0.1, -0.05) is 24.9 Å². The van der Waals surface area contributed by atoms with E-state index in [-0.39, 0.29) is 24.7 Å². The maximum atomic E-state index is 10.9. The Balaban J connectivity index is 2.47. The van der Waals surface area contributed by atoms with Gasteiger partial charge in [0.15, 0.2) is 0 Å². The summed E-state index contributed by atoms with van der Waals surface area (Å²) in [7, 11) is 0. The fraction of sp³-hybridized carbons (Fsp3) is 0.667. The molecular formula is C12H18N2O3. The maximum absolute atomic E-state index is 10.9. The first kappa shape index (κ1) is 13.4. The molecule has 17 heavy (non-hydrogen) atoms. The third-order valence-electron chi connectivity index (χ3n) is 2.38. The van der Waals surface area contributed by atoms with Gasteiger partial charge in [0, 0.05) is 5.92 Å². The average Bonchev–Trinajstić information content (AvgIpc) is 2.56. The highest BCUT2D eigenvalue weighted by molar-refractivity contribution is 6.01. The zero-order valence-corrected chi connectivity index (χ0v) is 10.6. The van der Waals surface area contributed by atoms with E-state index in [0.29, 0.717) is 5.71 Å².